The van der Waals surface area contributed by atoms with Crippen molar-refractivity contribution in [3.8, 4) is 0 Å². The lowest BCUT2D eigenvalue weighted by atomic mass is 10.1. The Morgan fingerprint density at radius 1 is 1.18 bits per heavy atom. The molecule has 1 aromatic carbocycles. The normalized spacial score (nSPS) is 18.1. The Morgan fingerprint density at radius 2 is 1.82 bits per heavy atom. The smallest absolute Gasteiger partial charge is 0.306 e. The van der Waals surface area contributed by atoms with Gasteiger partial charge in [0.05, 0.1) is 11.0 Å². The quantitative estimate of drug-likeness (QED) is 0.873. The van der Waals surface area contributed by atoms with Crippen LogP contribution in [0.25, 0.3) is 11.0 Å². The fourth-order valence-corrected chi connectivity index (χ4v) is 4.43. The number of fused-ring (bicyclic) bond motifs is 1. The summed E-state index contributed by atoms with van der Waals surface area (Å²) in [6, 6.07) is 7.74. The Labute approximate surface area is 128 Å². The number of imidazole rings is 1. The summed E-state index contributed by atoms with van der Waals surface area (Å²) in [7, 11) is -0.403. The van der Waals surface area contributed by atoms with Crippen LogP contribution < -0.4 is 5.69 Å². The first-order chi connectivity index (χ1) is 10.6. The molecule has 7 nitrogen and oxygen atoms in total. The molecule has 0 atom stereocenters. The van der Waals surface area contributed by atoms with Gasteiger partial charge in [-0.1, -0.05) is 12.1 Å². The minimum atomic E-state index is -3.18. The van der Waals surface area contributed by atoms with E-state index in [-0.39, 0.29) is 11.7 Å². The molecule has 1 aromatic heterocycles. The molecule has 0 unspecified atom stereocenters. The van der Waals surface area contributed by atoms with E-state index in [2.05, 4.69) is 4.98 Å². The molecule has 22 heavy (non-hydrogen) atoms. The maximum absolute atomic E-state index is 12.4. The zero-order valence-corrected chi connectivity index (χ0v) is 13.6. The highest BCUT2D eigenvalue weighted by molar-refractivity contribution is 7.51. The summed E-state index contributed by atoms with van der Waals surface area (Å²) in [5.41, 5.74) is 1.66. The number of nitrogens with zero attached hydrogens (tertiary/aromatic N) is 2. The number of hydrogen-bond donors (Lipinski definition) is 1. The minimum absolute atomic E-state index is 0.0852. The molecule has 3 rings (SSSR count). The monoisotopic (exact) mass is 325 g/mol. The Kier molecular flexibility index (Phi) is 4.23. The van der Waals surface area contributed by atoms with Crippen LogP contribution in [0.5, 0.6) is 0 Å². The third-order valence-corrected chi connectivity index (χ3v) is 6.25. The second-order valence-corrected chi connectivity index (χ2v) is 7.57. The minimum Gasteiger partial charge on any atom is -0.306 e. The summed E-state index contributed by atoms with van der Waals surface area (Å²) in [6.45, 7) is 1.13. The molecule has 2 aromatic rings. The zero-order valence-electron chi connectivity index (χ0n) is 12.7. The highest BCUT2D eigenvalue weighted by atomic mass is 31.2. The van der Waals surface area contributed by atoms with E-state index in [4.69, 9.17) is 9.05 Å². The molecule has 0 saturated carbocycles. The zero-order chi connectivity index (χ0) is 15.7. The average Bonchev–Trinajstić information content (AvgIpc) is 2.90. The highest BCUT2D eigenvalue weighted by Crippen LogP contribution is 2.52. The Bertz CT molecular complexity index is 753. The molecule has 1 aliphatic rings. The van der Waals surface area contributed by atoms with Crippen LogP contribution in [-0.4, -0.2) is 41.5 Å². The van der Waals surface area contributed by atoms with Gasteiger partial charge in [0, 0.05) is 33.4 Å². The number of rotatable bonds is 4. The van der Waals surface area contributed by atoms with E-state index in [0.29, 0.717) is 13.1 Å². The standard InChI is InChI=1S/C14H20N3O4P/c1-20-22(19,21-2)16-9-7-11(8-10-16)17-13-6-4-3-5-12(13)15-14(17)18/h3-6,11H,7-10H2,1-2H3,(H,15,18). The molecule has 0 spiro atoms. The van der Waals surface area contributed by atoms with Gasteiger partial charge in [0.2, 0.25) is 0 Å². The molecule has 8 heteroatoms. The summed E-state index contributed by atoms with van der Waals surface area (Å²) < 4.78 is 26.0. The fourth-order valence-electron chi connectivity index (χ4n) is 3.10. The molecule has 1 fully saturated rings. The van der Waals surface area contributed by atoms with Crippen molar-refractivity contribution in [2.45, 2.75) is 18.9 Å². The van der Waals surface area contributed by atoms with Gasteiger partial charge >= 0.3 is 13.4 Å². The lowest BCUT2D eigenvalue weighted by molar-refractivity contribution is 0.177. The highest BCUT2D eigenvalue weighted by Gasteiger charge is 2.35. The second-order valence-electron chi connectivity index (χ2n) is 5.34. The predicted octanol–water partition coefficient (Wildman–Crippen LogP) is 2.37. The first-order valence-electron chi connectivity index (χ1n) is 7.25. The van der Waals surface area contributed by atoms with E-state index in [1.807, 2.05) is 24.3 Å². The Hall–Kier alpha value is -1.40. The van der Waals surface area contributed by atoms with Gasteiger partial charge in [0.15, 0.2) is 0 Å². The first kappa shape index (κ1) is 15.5. The maximum Gasteiger partial charge on any atom is 0.407 e. The Balaban J connectivity index is 1.83. The predicted molar refractivity (Wildman–Crippen MR) is 84.0 cm³/mol. The van der Waals surface area contributed by atoms with Gasteiger partial charge in [-0.3, -0.25) is 13.6 Å². The summed E-state index contributed by atoms with van der Waals surface area (Å²) in [5.74, 6) is 0. The number of aromatic amines is 1. The number of aromatic nitrogens is 2. The van der Waals surface area contributed by atoms with Gasteiger partial charge in [-0.2, -0.15) is 0 Å². The van der Waals surface area contributed by atoms with Crippen molar-refractivity contribution in [3.63, 3.8) is 0 Å². The molecular formula is C14H20N3O4P. The van der Waals surface area contributed by atoms with Crippen molar-refractivity contribution in [1.29, 1.82) is 0 Å². The van der Waals surface area contributed by atoms with Crippen LogP contribution in [0.4, 0.5) is 0 Å². The molecule has 1 aliphatic heterocycles. The second kappa shape index (κ2) is 6.01. The van der Waals surface area contributed by atoms with Crippen LogP contribution in [0.3, 0.4) is 0 Å². The molecule has 0 aliphatic carbocycles. The van der Waals surface area contributed by atoms with Gasteiger partial charge in [-0.25, -0.2) is 14.0 Å². The summed E-state index contributed by atoms with van der Waals surface area (Å²) in [4.78, 5) is 15.1. The molecule has 1 saturated heterocycles. The van der Waals surface area contributed by atoms with Gasteiger partial charge < -0.3 is 4.98 Å². The summed E-state index contributed by atoms with van der Waals surface area (Å²) in [5, 5.41) is 0. The maximum atomic E-state index is 12.4. The van der Waals surface area contributed by atoms with E-state index in [1.54, 1.807) is 9.24 Å². The third-order valence-electron chi connectivity index (χ3n) is 4.24. The largest absolute Gasteiger partial charge is 0.407 e. The van der Waals surface area contributed by atoms with Crippen LogP contribution >= 0.6 is 7.75 Å². The topological polar surface area (TPSA) is 76.6 Å². The molecule has 2 heterocycles. The lowest BCUT2D eigenvalue weighted by Crippen LogP contribution is -2.35. The van der Waals surface area contributed by atoms with Crippen molar-refractivity contribution in [2.24, 2.45) is 0 Å². The van der Waals surface area contributed by atoms with Gasteiger partial charge in [-0.15, -0.1) is 0 Å². The van der Waals surface area contributed by atoms with Crippen molar-refractivity contribution < 1.29 is 13.6 Å². The van der Waals surface area contributed by atoms with Gasteiger partial charge in [0.1, 0.15) is 0 Å². The molecular weight excluding hydrogens is 305 g/mol. The van der Waals surface area contributed by atoms with E-state index in [1.165, 1.54) is 14.2 Å². The number of para-hydroxylation sites is 2. The summed E-state index contributed by atoms with van der Waals surface area (Å²) >= 11 is 0. The molecule has 0 radical (unpaired) electrons. The molecule has 1 N–H and O–H groups in total. The number of benzene rings is 1. The summed E-state index contributed by atoms with van der Waals surface area (Å²) in [6.07, 6.45) is 1.44. The molecule has 0 bridgehead atoms. The van der Waals surface area contributed by atoms with Crippen LogP contribution in [0.1, 0.15) is 18.9 Å². The first-order valence-corrected chi connectivity index (χ1v) is 8.75. The van der Waals surface area contributed by atoms with E-state index in [9.17, 15) is 9.36 Å². The van der Waals surface area contributed by atoms with Crippen LogP contribution in [-0.2, 0) is 13.6 Å². The lowest BCUT2D eigenvalue weighted by Gasteiger charge is -2.34. The van der Waals surface area contributed by atoms with Crippen molar-refractivity contribution in [1.82, 2.24) is 14.2 Å². The molecule has 120 valence electrons. The number of piperidine rings is 1. The van der Waals surface area contributed by atoms with Crippen molar-refractivity contribution >= 4 is 18.8 Å². The molecule has 0 amide bonds. The average molecular weight is 325 g/mol. The van der Waals surface area contributed by atoms with Crippen molar-refractivity contribution in [2.75, 3.05) is 27.3 Å². The van der Waals surface area contributed by atoms with Crippen LogP contribution in [0, 0.1) is 0 Å². The van der Waals surface area contributed by atoms with E-state index in [0.717, 1.165) is 23.9 Å². The third kappa shape index (κ3) is 2.54. The van der Waals surface area contributed by atoms with Crippen LogP contribution in [0.2, 0.25) is 0 Å². The fraction of sp³-hybridized carbons (Fsp3) is 0.500. The number of nitrogens with one attached hydrogen (secondary N) is 1. The number of H-pyrrole nitrogens is 1. The Morgan fingerprint density at radius 3 is 2.45 bits per heavy atom. The SMILES string of the molecule is COP(=O)(OC)N1CCC(n2c(=O)[nH]c3ccccc32)CC1. The van der Waals surface area contributed by atoms with Crippen LogP contribution in [0.15, 0.2) is 29.1 Å². The van der Waals surface area contributed by atoms with E-state index < -0.39 is 7.75 Å². The number of hydrogen-bond acceptors (Lipinski definition) is 4. The van der Waals surface area contributed by atoms with Gasteiger partial charge in [0.25, 0.3) is 0 Å². The van der Waals surface area contributed by atoms with E-state index >= 15 is 0 Å². The van der Waals surface area contributed by atoms with Gasteiger partial charge in [-0.05, 0) is 25.0 Å². The van der Waals surface area contributed by atoms with Crippen molar-refractivity contribution in [3.05, 3.63) is 34.7 Å².